The Hall–Kier alpha value is -2.12. The first-order chi connectivity index (χ1) is 16.5. The van der Waals surface area contributed by atoms with Crippen LogP contribution in [-0.4, -0.2) is 103 Å². The first kappa shape index (κ1) is 25.0. The quantitative estimate of drug-likeness (QED) is 0.442. The SMILES string of the molecule is COc1ccc(O[C@@H]2O[C@@H](CON3CCC[C@H]3C=O)[C@@H](O)C(O)C2ON2CCC[C@H]2C=O)cc1. The molecule has 0 radical (unpaired) electrons. The molecule has 3 saturated heterocycles. The molecule has 11 heteroatoms. The number of hydrogen-bond donors (Lipinski definition) is 2. The minimum atomic E-state index is -1.38. The van der Waals surface area contributed by atoms with E-state index in [-0.39, 0.29) is 12.6 Å². The normalized spacial score (nSPS) is 34.7. The number of aliphatic hydroxyl groups excluding tert-OH is 2. The van der Waals surface area contributed by atoms with Gasteiger partial charge in [0.15, 0.2) is 6.10 Å². The summed E-state index contributed by atoms with van der Waals surface area (Å²) in [6.07, 6.45) is -1.28. The Kier molecular flexibility index (Phi) is 8.48. The topological polar surface area (TPSA) is 127 Å². The van der Waals surface area contributed by atoms with Crippen molar-refractivity contribution in [3.8, 4) is 11.5 Å². The summed E-state index contributed by atoms with van der Waals surface area (Å²) in [6.45, 7) is 1.01. The third-order valence-electron chi connectivity index (χ3n) is 6.43. The Bertz CT molecular complexity index is 808. The van der Waals surface area contributed by atoms with Crippen molar-refractivity contribution >= 4 is 12.6 Å². The molecule has 1 aromatic rings. The molecule has 3 fully saturated rings. The molecule has 3 aliphatic heterocycles. The van der Waals surface area contributed by atoms with Crippen molar-refractivity contribution in [1.29, 1.82) is 0 Å². The molecule has 0 aliphatic carbocycles. The zero-order valence-electron chi connectivity index (χ0n) is 19.1. The molecular formula is C23H32N2O9. The summed E-state index contributed by atoms with van der Waals surface area (Å²) in [5.74, 6) is 1.09. The summed E-state index contributed by atoms with van der Waals surface area (Å²) in [6, 6.07) is 6.02. The van der Waals surface area contributed by atoms with Gasteiger partial charge in [-0.25, -0.2) is 0 Å². The van der Waals surface area contributed by atoms with Crippen molar-refractivity contribution in [2.24, 2.45) is 0 Å². The van der Waals surface area contributed by atoms with Crippen LogP contribution >= 0.6 is 0 Å². The number of aldehydes is 2. The van der Waals surface area contributed by atoms with Gasteiger partial charge in [0.1, 0.15) is 42.4 Å². The molecule has 0 saturated carbocycles. The second-order valence-corrected chi connectivity index (χ2v) is 8.66. The van der Waals surface area contributed by atoms with Gasteiger partial charge < -0.3 is 34.0 Å². The molecule has 11 nitrogen and oxygen atoms in total. The molecule has 34 heavy (non-hydrogen) atoms. The zero-order chi connectivity index (χ0) is 24.1. The van der Waals surface area contributed by atoms with E-state index in [1.54, 1.807) is 36.4 Å². The number of rotatable bonds is 10. The molecular weight excluding hydrogens is 448 g/mol. The van der Waals surface area contributed by atoms with E-state index in [0.29, 0.717) is 37.4 Å². The lowest BCUT2D eigenvalue weighted by Crippen LogP contribution is -2.62. The minimum Gasteiger partial charge on any atom is -0.497 e. The highest BCUT2D eigenvalue weighted by Gasteiger charge is 2.49. The molecule has 0 amide bonds. The van der Waals surface area contributed by atoms with Gasteiger partial charge in [-0.2, -0.15) is 10.1 Å². The van der Waals surface area contributed by atoms with E-state index < -0.39 is 36.7 Å². The molecule has 4 rings (SSSR count). The Morgan fingerprint density at radius 3 is 2.24 bits per heavy atom. The second kappa shape index (κ2) is 11.5. The molecule has 0 aromatic heterocycles. The molecule has 0 spiro atoms. The standard InChI is InChI=1S/C23H32N2O9/c1-30-17-6-8-18(9-7-17)32-23-22(34-25-11-3-5-16(25)13-27)21(29)20(28)19(33-23)14-31-24-10-2-4-15(24)12-26/h6-9,12-13,15-16,19-23,28-29H,2-5,10-11,14H2,1H3/t15-,16-,19-,20+,21?,22?,23+/m0/s1. The van der Waals surface area contributed by atoms with Crippen molar-refractivity contribution in [1.82, 2.24) is 10.1 Å². The van der Waals surface area contributed by atoms with Crippen LogP contribution < -0.4 is 9.47 Å². The lowest BCUT2D eigenvalue weighted by Gasteiger charge is -2.43. The number of ether oxygens (including phenoxy) is 3. The number of nitrogens with zero attached hydrogens (tertiary/aromatic N) is 2. The maximum absolute atomic E-state index is 11.4. The summed E-state index contributed by atoms with van der Waals surface area (Å²) in [4.78, 5) is 34.3. The summed E-state index contributed by atoms with van der Waals surface area (Å²) in [5.41, 5.74) is 0. The van der Waals surface area contributed by atoms with Crippen LogP contribution in [0.25, 0.3) is 0 Å². The number of carbonyl (C=O) groups excluding carboxylic acids is 2. The van der Waals surface area contributed by atoms with E-state index in [0.717, 1.165) is 25.4 Å². The van der Waals surface area contributed by atoms with Crippen LogP contribution in [0.15, 0.2) is 24.3 Å². The number of carbonyl (C=O) groups is 2. The third-order valence-corrected chi connectivity index (χ3v) is 6.43. The van der Waals surface area contributed by atoms with Crippen molar-refractivity contribution in [2.75, 3.05) is 26.8 Å². The average Bonchev–Trinajstić information content (AvgIpc) is 3.51. The molecule has 2 N–H and O–H groups in total. The molecule has 188 valence electrons. The summed E-state index contributed by atoms with van der Waals surface area (Å²) < 4.78 is 17.2. The van der Waals surface area contributed by atoms with Crippen molar-refractivity contribution in [3.05, 3.63) is 24.3 Å². The Balaban J connectivity index is 1.48. The van der Waals surface area contributed by atoms with E-state index in [1.165, 1.54) is 5.06 Å². The molecule has 2 unspecified atom stereocenters. The van der Waals surface area contributed by atoms with Gasteiger partial charge in [-0.1, -0.05) is 0 Å². The fourth-order valence-electron chi connectivity index (χ4n) is 4.46. The maximum atomic E-state index is 11.4. The lowest BCUT2D eigenvalue weighted by molar-refractivity contribution is -0.344. The Morgan fingerprint density at radius 2 is 1.59 bits per heavy atom. The van der Waals surface area contributed by atoms with Crippen molar-refractivity contribution in [2.45, 2.75) is 68.5 Å². The van der Waals surface area contributed by atoms with Gasteiger partial charge in [0.2, 0.25) is 6.29 Å². The first-order valence-electron chi connectivity index (χ1n) is 11.6. The van der Waals surface area contributed by atoms with E-state index >= 15 is 0 Å². The average molecular weight is 481 g/mol. The van der Waals surface area contributed by atoms with E-state index in [1.807, 2.05) is 0 Å². The number of aliphatic hydroxyl groups is 2. The van der Waals surface area contributed by atoms with Crippen LogP contribution in [0.4, 0.5) is 0 Å². The van der Waals surface area contributed by atoms with Crippen LogP contribution in [-0.2, 0) is 24.0 Å². The van der Waals surface area contributed by atoms with E-state index in [9.17, 15) is 19.8 Å². The summed E-state index contributed by atoms with van der Waals surface area (Å²) in [5, 5.41) is 24.8. The Labute approximate surface area is 198 Å². The lowest BCUT2D eigenvalue weighted by atomic mass is 9.99. The highest BCUT2D eigenvalue weighted by Crippen LogP contribution is 2.30. The highest BCUT2D eigenvalue weighted by atomic mass is 16.8. The number of hydrogen-bond acceptors (Lipinski definition) is 11. The Morgan fingerprint density at radius 1 is 0.971 bits per heavy atom. The fraction of sp³-hybridized carbons (Fsp3) is 0.652. The van der Waals surface area contributed by atoms with Gasteiger partial charge in [0.05, 0.1) is 25.8 Å². The van der Waals surface area contributed by atoms with Crippen LogP contribution in [0.3, 0.4) is 0 Å². The molecule has 3 aliphatic rings. The fourth-order valence-corrected chi connectivity index (χ4v) is 4.46. The van der Waals surface area contributed by atoms with Gasteiger partial charge in [-0.3, -0.25) is 9.68 Å². The van der Waals surface area contributed by atoms with Gasteiger partial charge in [0, 0.05) is 13.1 Å². The number of hydroxylamine groups is 4. The maximum Gasteiger partial charge on any atom is 0.231 e. The van der Waals surface area contributed by atoms with E-state index in [4.69, 9.17) is 23.9 Å². The minimum absolute atomic E-state index is 0.0849. The predicted octanol–water partition coefficient (Wildman–Crippen LogP) is 0.0791. The van der Waals surface area contributed by atoms with Crippen LogP contribution in [0, 0.1) is 0 Å². The molecule has 0 bridgehead atoms. The summed E-state index contributed by atoms with van der Waals surface area (Å²) in [7, 11) is 1.56. The molecule has 1 aromatic carbocycles. The van der Waals surface area contributed by atoms with E-state index in [2.05, 4.69) is 0 Å². The summed E-state index contributed by atoms with van der Waals surface area (Å²) >= 11 is 0. The smallest absolute Gasteiger partial charge is 0.231 e. The van der Waals surface area contributed by atoms with Crippen LogP contribution in [0.5, 0.6) is 11.5 Å². The second-order valence-electron chi connectivity index (χ2n) is 8.66. The monoisotopic (exact) mass is 480 g/mol. The van der Waals surface area contributed by atoms with Gasteiger partial charge in [-0.05, 0) is 49.9 Å². The number of methoxy groups -OCH3 is 1. The molecule has 3 heterocycles. The third kappa shape index (κ3) is 5.57. The first-order valence-corrected chi connectivity index (χ1v) is 11.6. The van der Waals surface area contributed by atoms with Crippen molar-refractivity contribution < 1.29 is 43.7 Å². The van der Waals surface area contributed by atoms with Crippen molar-refractivity contribution in [3.63, 3.8) is 0 Å². The largest absolute Gasteiger partial charge is 0.497 e. The zero-order valence-corrected chi connectivity index (χ0v) is 19.1. The highest BCUT2D eigenvalue weighted by molar-refractivity contribution is 5.58. The van der Waals surface area contributed by atoms with Gasteiger partial charge >= 0.3 is 0 Å². The van der Waals surface area contributed by atoms with Crippen LogP contribution in [0.1, 0.15) is 25.7 Å². The molecule has 7 atom stereocenters. The predicted molar refractivity (Wildman–Crippen MR) is 117 cm³/mol. The van der Waals surface area contributed by atoms with Gasteiger partial charge in [0.25, 0.3) is 0 Å². The number of benzene rings is 1. The van der Waals surface area contributed by atoms with Gasteiger partial charge in [-0.15, -0.1) is 0 Å². The van der Waals surface area contributed by atoms with Crippen LogP contribution in [0.2, 0.25) is 0 Å².